The van der Waals surface area contributed by atoms with E-state index in [-0.39, 0.29) is 6.04 Å². The largest absolute Gasteiger partial charge is 0.480 e. The highest BCUT2D eigenvalue weighted by Gasteiger charge is 2.33. The lowest BCUT2D eigenvalue weighted by Gasteiger charge is -2.38. The SMILES string of the molecule is CC1CCC(CN2Cc3ccccc3CC2C(=O)O)CC1. The Morgan fingerprint density at radius 2 is 1.86 bits per heavy atom. The van der Waals surface area contributed by atoms with E-state index >= 15 is 0 Å². The van der Waals surface area contributed by atoms with E-state index < -0.39 is 5.97 Å². The number of carboxylic acid groups (broad SMARTS) is 1. The molecule has 1 unspecified atom stereocenters. The second-order valence-electron chi connectivity index (χ2n) is 6.88. The van der Waals surface area contributed by atoms with E-state index in [2.05, 4.69) is 30.0 Å². The first-order valence-corrected chi connectivity index (χ1v) is 8.17. The predicted molar refractivity (Wildman–Crippen MR) is 83.1 cm³/mol. The van der Waals surface area contributed by atoms with Crippen molar-refractivity contribution < 1.29 is 9.90 Å². The van der Waals surface area contributed by atoms with Crippen molar-refractivity contribution in [1.82, 2.24) is 4.90 Å². The molecule has 1 saturated carbocycles. The average Bonchev–Trinajstić information content (AvgIpc) is 2.48. The van der Waals surface area contributed by atoms with Gasteiger partial charge in [-0.25, -0.2) is 0 Å². The number of hydrogen-bond acceptors (Lipinski definition) is 2. The van der Waals surface area contributed by atoms with Crippen molar-refractivity contribution in [3.63, 3.8) is 0 Å². The normalized spacial score (nSPS) is 29.9. The maximum atomic E-state index is 11.6. The zero-order valence-corrected chi connectivity index (χ0v) is 12.8. The van der Waals surface area contributed by atoms with Gasteiger partial charge in [-0.15, -0.1) is 0 Å². The fourth-order valence-corrected chi connectivity index (χ4v) is 3.86. The molecule has 3 rings (SSSR count). The quantitative estimate of drug-likeness (QED) is 0.927. The average molecular weight is 287 g/mol. The highest BCUT2D eigenvalue weighted by atomic mass is 16.4. The second kappa shape index (κ2) is 6.18. The summed E-state index contributed by atoms with van der Waals surface area (Å²) in [4.78, 5) is 13.8. The standard InChI is InChI=1S/C18H25NO2/c1-13-6-8-14(9-7-13)11-19-12-16-5-3-2-4-15(16)10-17(19)18(20)21/h2-5,13-14,17H,6-12H2,1H3,(H,20,21). The molecule has 0 saturated heterocycles. The van der Waals surface area contributed by atoms with Crippen LogP contribution in [-0.4, -0.2) is 28.6 Å². The first-order chi connectivity index (χ1) is 10.1. The van der Waals surface area contributed by atoms with Crippen LogP contribution in [0.25, 0.3) is 0 Å². The number of nitrogens with zero attached hydrogens (tertiary/aromatic N) is 1. The molecule has 2 aliphatic rings. The highest BCUT2D eigenvalue weighted by molar-refractivity contribution is 5.74. The summed E-state index contributed by atoms with van der Waals surface area (Å²) >= 11 is 0. The Morgan fingerprint density at radius 1 is 1.19 bits per heavy atom. The number of carboxylic acids is 1. The zero-order valence-electron chi connectivity index (χ0n) is 12.8. The molecular formula is C18H25NO2. The third kappa shape index (κ3) is 3.29. The van der Waals surface area contributed by atoms with Gasteiger partial charge in [-0.1, -0.05) is 44.0 Å². The summed E-state index contributed by atoms with van der Waals surface area (Å²) in [6, 6.07) is 7.93. The highest BCUT2D eigenvalue weighted by Crippen LogP contribution is 2.31. The summed E-state index contributed by atoms with van der Waals surface area (Å²) < 4.78 is 0. The monoisotopic (exact) mass is 287 g/mol. The molecule has 1 aliphatic heterocycles. The fraction of sp³-hybridized carbons (Fsp3) is 0.611. The molecule has 0 amide bonds. The molecule has 21 heavy (non-hydrogen) atoms. The lowest BCUT2D eigenvalue weighted by Crippen LogP contribution is -2.47. The van der Waals surface area contributed by atoms with Crippen molar-refractivity contribution in [3.05, 3.63) is 35.4 Å². The van der Waals surface area contributed by atoms with E-state index in [1.807, 2.05) is 6.07 Å². The summed E-state index contributed by atoms with van der Waals surface area (Å²) in [6.07, 6.45) is 5.76. The molecule has 0 spiro atoms. The van der Waals surface area contributed by atoms with Crippen LogP contribution < -0.4 is 0 Å². The second-order valence-corrected chi connectivity index (χ2v) is 6.88. The Balaban J connectivity index is 1.72. The van der Waals surface area contributed by atoms with Crippen LogP contribution in [0.15, 0.2) is 24.3 Å². The first-order valence-electron chi connectivity index (χ1n) is 8.17. The smallest absolute Gasteiger partial charge is 0.321 e. The molecule has 1 N–H and O–H groups in total. The van der Waals surface area contributed by atoms with Gasteiger partial charge < -0.3 is 5.11 Å². The van der Waals surface area contributed by atoms with Crippen molar-refractivity contribution in [1.29, 1.82) is 0 Å². The van der Waals surface area contributed by atoms with Crippen LogP contribution in [0.2, 0.25) is 0 Å². The number of fused-ring (bicyclic) bond motifs is 1. The van der Waals surface area contributed by atoms with Crippen molar-refractivity contribution in [2.75, 3.05) is 6.54 Å². The Labute approximate surface area is 127 Å². The number of hydrogen-bond donors (Lipinski definition) is 1. The molecule has 3 heteroatoms. The molecule has 3 nitrogen and oxygen atoms in total. The van der Waals surface area contributed by atoms with Gasteiger partial charge in [0.2, 0.25) is 0 Å². The molecule has 0 bridgehead atoms. The van der Waals surface area contributed by atoms with Gasteiger partial charge in [-0.05, 0) is 42.2 Å². The fourth-order valence-electron chi connectivity index (χ4n) is 3.86. The lowest BCUT2D eigenvalue weighted by molar-refractivity contribution is -0.144. The van der Waals surface area contributed by atoms with Crippen LogP contribution in [0.3, 0.4) is 0 Å². The van der Waals surface area contributed by atoms with Gasteiger partial charge in [0.25, 0.3) is 0 Å². The van der Waals surface area contributed by atoms with Crippen molar-refractivity contribution in [2.45, 2.75) is 51.6 Å². The Bertz CT molecular complexity index is 506. The van der Waals surface area contributed by atoms with Gasteiger partial charge in [0.15, 0.2) is 0 Å². The van der Waals surface area contributed by atoms with Crippen LogP contribution in [0.1, 0.15) is 43.7 Å². The summed E-state index contributed by atoms with van der Waals surface area (Å²) in [5, 5.41) is 9.56. The number of benzene rings is 1. The van der Waals surface area contributed by atoms with E-state index in [9.17, 15) is 9.90 Å². The maximum absolute atomic E-state index is 11.6. The van der Waals surface area contributed by atoms with E-state index in [4.69, 9.17) is 0 Å². The minimum Gasteiger partial charge on any atom is -0.480 e. The molecule has 1 aromatic carbocycles. The Morgan fingerprint density at radius 3 is 2.52 bits per heavy atom. The third-order valence-corrected chi connectivity index (χ3v) is 5.26. The van der Waals surface area contributed by atoms with Gasteiger partial charge in [0.05, 0.1) is 0 Å². The molecule has 1 aromatic rings. The Kier molecular flexibility index (Phi) is 4.29. The third-order valence-electron chi connectivity index (χ3n) is 5.26. The van der Waals surface area contributed by atoms with Gasteiger partial charge in [-0.3, -0.25) is 9.69 Å². The molecular weight excluding hydrogens is 262 g/mol. The Hall–Kier alpha value is -1.35. The van der Waals surface area contributed by atoms with Crippen LogP contribution in [0, 0.1) is 11.8 Å². The van der Waals surface area contributed by atoms with E-state index in [1.165, 1.54) is 36.8 Å². The van der Waals surface area contributed by atoms with Crippen LogP contribution in [-0.2, 0) is 17.8 Å². The molecule has 114 valence electrons. The minimum atomic E-state index is -0.673. The van der Waals surface area contributed by atoms with Gasteiger partial charge >= 0.3 is 5.97 Å². The van der Waals surface area contributed by atoms with Crippen molar-refractivity contribution in [2.24, 2.45) is 11.8 Å². The van der Waals surface area contributed by atoms with Crippen molar-refractivity contribution in [3.8, 4) is 0 Å². The summed E-state index contributed by atoms with van der Waals surface area (Å²) in [6.45, 7) is 4.06. The predicted octanol–water partition coefficient (Wildman–Crippen LogP) is 3.32. The van der Waals surface area contributed by atoms with Gasteiger partial charge in [0.1, 0.15) is 6.04 Å². The van der Waals surface area contributed by atoms with E-state index in [0.29, 0.717) is 12.3 Å². The summed E-state index contributed by atoms with van der Waals surface area (Å²) in [7, 11) is 0. The van der Waals surface area contributed by atoms with E-state index in [0.717, 1.165) is 19.0 Å². The summed E-state index contributed by atoms with van der Waals surface area (Å²) in [5.74, 6) is 0.848. The zero-order chi connectivity index (χ0) is 14.8. The molecule has 1 aliphatic carbocycles. The van der Waals surface area contributed by atoms with Crippen LogP contribution in [0.5, 0.6) is 0 Å². The lowest BCUT2D eigenvalue weighted by atomic mass is 9.82. The number of rotatable bonds is 3. The topological polar surface area (TPSA) is 40.5 Å². The first kappa shape index (κ1) is 14.6. The number of aliphatic carboxylic acids is 1. The molecule has 1 fully saturated rings. The van der Waals surface area contributed by atoms with E-state index in [1.54, 1.807) is 0 Å². The molecule has 1 heterocycles. The maximum Gasteiger partial charge on any atom is 0.321 e. The van der Waals surface area contributed by atoms with Crippen LogP contribution in [0.4, 0.5) is 0 Å². The van der Waals surface area contributed by atoms with Gasteiger partial charge in [-0.2, -0.15) is 0 Å². The van der Waals surface area contributed by atoms with Crippen LogP contribution >= 0.6 is 0 Å². The summed E-state index contributed by atoms with van der Waals surface area (Å²) in [5.41, 5.74) is 2.51. The minimum absolute atomic E-state index is 0.348. The molecule has 1 atom stereocenters. The van der Waals surface area contributed by atoms with Gasteiger partial charge in [0, 0.05) is 13.1 Å². The molecule has 0 aromatic heterocycles. The van der Waals surface area contributed by atoms with Crippen molar-refractivity contribution >= 4 is 5.97 Å². The molecule has 0 radical (unpaired) electrons. The number of carbonyl (C=O) groups is 1.